The van der Waals surface area contributed by atoms with Crippen LogP contribution in [0.4, 0.5) is 8.78 Å². The van der Waals surface area contributed by atoms with Crippen molar-refractivity contribution in [1.82, 2.24) is 0 Å². The summed E-state index contributed by atoms with van der Waals surface area (Å²) in [4.78, 5) is 12.3. The highest BCUT2D eigenvalue weighted by Crippen LogP contribution is 2.23. The van der Waals surface area contributed by atoms with E-state index < -0.39 is 5.82 Å². The Morgan fingerprint density at radius 1 is 1.15 bits per heavy atom. The predicted octanol–water partition coefficient (Wildman–Crippen LogP) is 4.52. The Hall–Kier alpha value is -1.39. The van der Waals surface area contributed by atoms with Gasteiger partial charge in [-0.3, -0.25) is 4.79 Å². The van der Waals surface area contributed by atoms with E-state index in [-0.39, 0.29) is 28.8 Å². The fourth-order valence-electron chi connectivity index (χ4n) is 1.65. The number of thioether (sulfide) groups is 1. The second kappa shape index (κ2) is 6.86. The fourth-order valence-corrected chi connectivity index (χ4v) is 2.68. The van der Waals surface area contributed by atoms with Crippen molar-refractivity contribution >= 4 is 29.1 Å². The Morgan fingerprint density at radius 2 is 1.90 bits per heavy atom. The van der Waals surface area contributed by atoms with Crippen LogP contribution in [0.5, 0.6) is 0 Å². The van der Waals surface area contributed by atoms with Gasteiger partial charge in [0.15, 0.2) is 0 Å². The van der Waals surface area contributed by atoms with Crippen LogP contribution in [0.1, 0.15) is 5.56 Å². The Kier molecular flexibility index (Phi) is 5.15. The van der Waals surface area contributed by atoms with Crippen molar-refractivity contribution in [3.8, 4) is 0 Å². The highest BCUT2D eigenvalue weighted by atomic mass is 35.5. The molecule has 0 saturated heterocycles. The maximum atomic E-state index is 13.4. The van der Waals surface area contributed by atoms with Crippen LogP contribution in [-0.2, 0) is 11.2 Å². The van der Waals surface area contributed by atoms with Crippen LogP contribution in [0.25, 0.3) is 0 Å². The van der Waals surface area contributed by atoms with E-state index in [0.717, 1.165) is 11.8 Å². The molecule has 2 rings (SSSR count). The number of hydrogen-bond donors (Lipinski definition) is 0. The lowest BCUT2D eigenvalue weighted by Crippen LogP contribution is -2.06. The summed E-state index contributed by atoms with van der Waals surface area (Å²) in [5, 5.41) is 0.231. The third kappa shape index (κ3) is 4.05. The minimum Gasteiger partial charge on any atom is -0.298 e. The Labute approximate surface area is 125 Å². The van der Waals surface area contributed by atoms with Crippen molar-refractivity contribution in [1.29, 1.82) is 0 Å². The van der Waals surface area contributed by atoms with Gasteiger partial charge in [0.05, 0.1) is 5.75 Å². The van der Waals surface area contributed by atoms with Crippen LogP contribution in [0.2, 0.25) is 5.02 Å². The summed E-state index contributed by atoms with van der Waals surface area (Å²) in [5.41, 5.74) is 0.576. The number of halogens is 3. The second-order valence-electron chi connectivity index (χ2n) is 4.17. The molecule has 0 aromatic heterocycles. The molecule has 0 N–H and O–H groups in total. The lowest BCUT2D eigenvalue weighted by Gasteiger charge is -2.05. The van der Waals surface area contributed by atoms with Crippen molar-refractivity contribution in [2.24, 2.45) is 0 Å². The molecular formula is C15H11ClF2OS. The average molecular weight is 313 g/mol. The molecule has 0 amide bonds. The Balaban J connectivity index is 1.94. The lowest BCUT2D eigenvalue weighted by molar-refractivity contribution is -0.116. The molecule has 0 atom stereocenters. The second-order valence-corrected chi connectivity index (χ2v) is 5.59. The zero-order valence-corrected chi connectivity index (χ0v) is 12.0. The molecule has 0 aliphatic carbocycles. The summed E-state index contributed by atoms with van der Waals surface area (Å²) in [6.45, 7) is 0. The number of ketones is 1. The van der Waals surface area contributed by atoms with Crippen LogP contribution >= 0.6 is 23.4 Å². The van der Waals surface area contributed by atoms with Crippen LogP contribution in [0.3, 0.4) is 0 Å². The first-order valence-electron chi connectivity index (χ1n) is 5.89. The first-order valence-corrected chi connectivity index (χ1v) is 7.25. The number of benzene rings is 2. The minimum absolute atomic E-state index is 0.0910. The monoisotopic (exact) mass is 312 g/mol. The summed E-state index contributed by atoms with van der Waals surface area (Å²) in [7, 11) is 0. The Morgan fingerprint density at radius 3 is 2.60 bits per heavy atom. The fraction of sp³-hybridized carbons (Fsp3) is 0.133. The molecule has 104 valence electrons. The molecule has 0 unspecified atom stereocenters. The molecule has 0 saturated carbocycles. The molecule has 0 aliphatic rings. The third-order valence-electron chi connectivity index (χ3n) is 2.63. The molecule has 5 heteroatoms. The van der Waals surface area contributed by atoms with E-state index >= 15 is 0 Å². The summed E-state index contributed by atoms with van der Waals surface area (Å²) < 4.78 is 26.3. The van der Waals surface area contributed by atoms with Crippen LogP contribution in [0.15, 0.2) is 47.4 Å². The van der Waals surface area contributed by atoms with Gasteiger partial charge < -0.3 is 0 Å². The summed E-state index contributed by atoms with van der Waals surface area (Å²) in [5.74, 6) is -0.724. The normalized spacial score (nSPS) is 10.6. The van der Waals surface area contributed by atoms with Crippen molar-refractivity contribution in [3.05, 3.63) is 64.7 Å². The van der Waals surface area contributed by atoms with Crippen LogP contribution in [-0.4, -0.2) is 11.5 Å². The van der Waals surface area contributed by atoms with Gasteiger partial charge in [-0.05, 0) is 29.8 Å². The number of carbonyl (C=O) groups is 1. The zero-order chi connectivity index (χ0) is 14.5. The summed E-state index contributed by atoms with van der Waals surface area (Å²) in [6.07, 6.45) is 0.112. The molecule has 0 fully saturated rings. The van der Waals surface area contributed by atoms with E-state index in [1.807, 2.05) is 0 Å². The average Bonchev–Trinajstić information content (AvgIpc) is 2.41. The van der Waals surface area contributed by atoms with Crippen LogP contribution in [0, 0.1) is 11.6 Å². The van der Waals surface area contributed by atoms with Gasteiger partial charge >= 0.3 is 0 Å². The maximum Gasteiger partial charge on any atom is 0.147 e. The van der Waals surface area contributed by atoms with Gasteiger partial charge in [-0.25, -0.2) is 8.78 Å². The largest absolute Gasteiger partial charge is 0.298 e. The summed E-state index contributed by atoms with van der Waals surface area (Å²) >= 11 is 7.00. The quantitative estimate of drug-likeness (QED) is 0.755. The minimum atomic E-state index is -0.438. The van der Waals surface area contributed by atoms with E-state index in [1.165, 1.54) is 24.3 Å². The number of carbonyl (C=O) groups excluding carboxylic acids is 1. The van der Waals surface area contributed by atoms with Gasteiger partial charge in [0.2, 0.25) is 0 Å². The number of rotatable bonds is 5. The number of Topliss-reactive ketones (excluding diaryl/α,β-unsaturated/α-hetero) is 1. The van der Waals surface area contributed by atoms with Gasteiger partial charge in [-0.2, -0.15) is 0 Å². The van der Waals surface area contributed by atoms with Gasteiger partial charge in [0.25, 0.3) is 0 Å². The SMILES string of the molecule is O=C(CSc1ccccc1F)Cc1ccc(F)cc1Cl. The lowest BCUT2D eigenvalue weighted by atomic mass is 10.1. The standard InChI is InChI=1S/C15H11ClF2OS/c16-13-8-11(17)6-5-10(13)7-12(19)9-20-15-4-2-1-3-14(15)18/h1-6,8H,7,9H2. The van der Waals surface area contributed by atoms with E-state index in [0.29, 0.717) is 10.5 Å². The smallest absolute Gasteiger partial charge is 0.147 e. The van der Waals surface area contributed by atoms with Crippen molar-refractivity contribution in [3.63, 3.8) is 0 Å². The van der Waals surface area contributed by atoms with Gasteiger partial charge in [0.1, 0.15) is 17.4 Å². The molecule has 0 spiro atoms. The van der Waals surface area contributed by atoms with Gasteiger partial charge in [0, 0.05) is 16.3 Å². The molecule has 0 heterocycles. The molecule has 0 aliphatic heterocycles. The van der Waals surface area contributed by atoms with E-state index in [1.54, 1.807) is 18.2 Å². The van der Waals surface area contributed by atoms with Crippen molar-refractivity contribution in [2.45, 2.75) is 11.3 Å². The first-order chi connectivity index (χ1) is 9.56. The van der Waals surface area contributed by atoms with E-state index in [9.17, 15) is 13.6 Å². The predicted molar refractivity (Wildman–Crippen MR) is 77.2 cm³/mol. The molecule has 0 bridgehead atoms. The zero-order valence-electron chi connectivity index (χ0n) is 10.4. The molecule has 0 radical (unpaired) electrons. The molecule has 2 aromatic rings. The van der Waals surface area contributed by atoms with Gasteiger partial charge in [-0.15, -0.1) is 11.8 Å². The van der Waals surface area contributed by atoms with E-state index in [2.05, 4.69) is 0 Å². The third-order valence-corrected chi connectivity index (χ3v) is 4.09. The molecule has 1 nitrogen and oxygen atoms in total. The summed E-state index contributed by atoms with van der Waals surface area (Å²) in [6, 6.07) is 10.2. The van der Waals surface area contributed by atoms with E-state index in [4.69, 9.17) is 11.6 Å². The first kappa shape index (κ1) is 15.0. The highest BCUT2D eigenvalue weighted by molar-refractivity contribution is 8.00. The molecular weight excluding hydrogens is 302 g/mol. The Bertz CT molecular complexity index is 631. The van der Waals surface area contributed by atoms with Crippen LogP contribution < -0.4 is 0 Å². The molecule has 2 aromatic carbocycles. The van der Waals surface area contributed by atoms with Gasteiger partial charge in [-0.1, -0.05) is 29.8 Å². The van der Waals surface area contributed by atoms with Crippen molar-refractivity contribution in [2.75, 3.05) is 5.75 Å². The highest BCUT2D eigenvalue weighted by Gasteiger charge is 2.10. The molecule has 20 heavy (non-hydrogen) atoms. The topological polar surface area (TPSA) is 17.1 Å². The number of hydrogen-bond acceptors (Lipinski definition) is 2. The maximum absolute atomic E-state index is 13.4. The van der Waals surface area contributed by atoms with Crippen molar-refractivity contribution < 1.29 is 13.6 Å².